The summed E-state index contributed by atoms with van der Waals surface area (Å²) in [5, 5.41) is 9.11. The normalized spacial score (nSPS) is 18.5. The van der Waals surface area contributed by atoms with E-state index in [1.165, 1.54) is 18.4 Å². The van der Waals surface area contributed by atoms with Crippen molar-refractivity contribution in [1.29, 1.82) is 0 Å². The molecule has 49 heavy (non-hydrogen) atoms. The summed E-state index contributed by atoms with van der Waals surface area (Å²) in [6.07, 6.45) is 5.56. The molecule has 2 saturated heterocycles. The van der Waals surface area contributed by atoms with E-state index in [1.807, 2.05) is 32.2 Å². The van der Waals surface area contributed by atoms with Crippen LogP contribution in [0.1, 0.15) is 87.4 Å². The number of nitrogens with zero attached hydrogens (tertiary/aromatic N) is 4. The topological polar surface area (TPSA) is 129 Å². The molecule has 0 unspecified atom stereocenters. The number of ether oxygens (including phenoxy) is 1. The zero-order valence-corrected chi connectivity index (χ0v) is 28.9. The minimum atomic E-state index is -0.424. The van der Waals surface area contributed by atoms with Gasteiger partial charge in [-0.05, 0) is 80.5 Å². The number of rotatable bonds is 9. The Bertz CT molecular complexity index is 1790. The fourth-order valence-corrected chi connectivity index (χ4v) is 6.32. The average Bonchev–Trinajstić information content (AvgIpc) is 3.90. The van der Waals surface area contributed by atoms with E-state index in [0.717, 1.165) is 36.5 Å². The highest BCUT2D eigenvalue weighted by atomic mass is 16.5. The van der Waals surface area contributed by atoms with Gasteiger partial charge in [-0.2, -0.15) is 0 Å². The predicted octanol–water partition coefficient (Wildman–Crippen LogP) is 3.83. The Kier molecular flexibility index (Phi) is 10.3. The van der Waals surface area contributed by atoms with Crippen LogP contribution in [-0.4, -0.2) is 89.8 Å². The maximum atomic E-state index is 13.6. The van der Waals surface area contributed by atoms with Crippen molar-refractivity contribution in [3.8, 4) is 17.6 Å². The molecule has 3 aliphatic rings. The summed E-state index contributed by atoms with van der Waals surface area (Å²) in [5.74, 6) is 7.21. The number of nitrogens with one attached hydrogen (secondary N) is 3. The van der Waals surface area contributed by atoms with Crippen LogP contribution in [0.2, 0.25) is 0 Å². The first-order chi connectivity index (χ1) is 23.6. The number of aryl methyl sites for hydroxylation is 2. The molecule has 256 valence electrons. The molecule has 3 N–H and O–H groups in total. The number of carbonyl (C=O) groups excluding carboxylic acids is 3. The molecule has 3 amide bonds. The number of pyridine rings is 2. The fourth-order valence-electron chi connectivity index (χ4n) is 6.32. The Morgan fingerprint density at radius 2 is 1.82 bits per heavy atom. The zero-order valence-electron chi connectivity index (χ0n) is 28.9. The summed E-state index contributed by atoms with van der Waals surface area (Å²) < 4.78 is 6.68. The molecule has 0 spiro atoms. The van der Waals surface area contributed by atoms with Crippen LogP contribution in [0.4, 0.5) is 5.82 Å². The molecule has 0 bridgehead atoms. The SMILES string of the molecule is CNC(=O)c1cc(C(=O)Nc2ncc(C#CC3CN(C(C)=O)C3)cc2C)c(C)cc1O[C@H](CN1CCN[C@H](C)C1)c1ccc(C2CC2)cn1. The molecule has 0 radical (unpaired) electrons. The third kappa shape index (κ3) is 8.27. The lowest BCUT2D eigenvalue weighted by Gasteiger charge is -2.35. The number of likely N-dealkylation sites (tertiary alicyclic amines) is 1. The molecule has 2 aliphatic heterocycles. The van der Waals surface area contributed by atoms with Crippen molar-refractivity contribution < 1.29 is 19.1 Å². The van der Waals surface area contributed by atoms with Gasteiger partial charge in [-0.15, -0.1) is 0 Å². The van der Waals surface area contributed by atoms with Crippen molar-refractivity contribution in [3.63, 3.8) is 0 Å². The van der Waals surface area contributed by atoms with Gasteiger partial charge in [0.15, 0.2) is 6.10 Å². The number of amides is 3. The summed E-state index contributed by atoms with van der Waals surface area (Å²) in [6, 6.07) is 9.77. The van der Waals surface area contributed by atoms with Crippen molar-refractivity contribution in [3.05, 3.63) is 81.8 Å². The van der Waals surface area contributed by atoms with E-state index in [0.29, 0.717) is 54.3 Å². The second kappa shape index (κ2) is 14.8. The number of anilines is 1. The van der Waals surface area contributed by atoms with Gasteiger partial charge in [0.05, 0.1) is 17.2 Å². The minimum absolute atomic E-state index is 0.0618. The number of hydrogen-bond acceptors (Lipinski definition) is 8. The Morgan fingerprint density at radius 1 is 1.02 bits per heavy atom. The van der Waals surface area contributed by atoms with Crippen molar-refractivity contribution in [2.75, 3.05) is 51.6 Å². The van der Waals surface area contributed by atoms with Crippen molar-refractivity contribution in [2.24, 2.45) is 5.92 Å². The van der Waals surface area contributed by atoms with Crippen LogP contribution >= 0.6 is 0 Å². The molecular formula is C38H45N7O4. The molecule has 11 heteroatoms. The number of hydrogen-bond donors (Lipinski definition) is 3. The van der Waals surface area contributed by atoms with E-state index in [-0.39, 0.29) is 29.2 Å². The van der Waals surface area contributed by atoms with Gasteiger partial charge in [0.25, 0.3) is 11.8 Å². The minimum Gasteiger partial charge on any atom is -0.482 e. The molecule has 2 aromatic heterocycles. The summed E-state index contributed by atoms with van der Waals surface area (Å²) in [5.41, 5.74) is 4.81. The molecule has 4 heterocycles. The van der Waals surface area contributed by atoms with Crippen LogP contribution in [0.25, 0.3) is 0 Å². The Hall–Kier alpha value is -4.79. The van der Waals surface area contributed by atoms with E-state index in [2.05, 4.69) is 50.7 Å². The van der Waals surface area contributed by atoms with Crippen molar-refractivity contribution in [2.45, 2.75) is 58.6 Å². The second-order valence-corrected chi connectivity index (χ2v) is 13.5. The molecule has 1 saturated carbocycles. The van der Waals surface area contributed by atoms with E-state index in [4.69, 9.17) is 9.72 Å². The van der Waals surface area contributed by atoms with Gasteiger partial charge in [-0.1, -0.05) is 17.9 Å². The summed E-state index contributed by atoms with van der Waals surface area (Å²) in [4.78, 5) is 51.7. The molecule has 1 aliphatic carbocycles. The van der Waals surface area contributed by atoms with Crippen LogP contribution in [0.5, 0.6) is 5.75 Å². The first kappa shape index (κ1) is 34.1. The Labute approximate surface area is 288 Å². The summed E-state index contributed by atoms with van der Waals surface area (Å²) >= 11 is 0. The first-order valence-electron chi connectivity index (χ1n) is 17.1. The first-order valence-corrected chi connectivity index (χ1v) is 17.1. The predicted molar refractivity (Wildman–Crippen MR) is 188 cm³/mol. The van der Waals surface area contributed by atoms with Gasteiger partial charge in [0.2, 0.25) is 5.91 Å². The smallest absolute Gasteiger partial charge is 0.257 e. The van der Waals surface area contributed by atoms with Gasteiger partial charge < -0.3 is 25.6 Å². The quantitative estimate of drug-likeness (QED) is 0.295. The van der Waals surface area contributed by atoms with E-state index >= 15 is 0 Å². The van der Waals surface area contributed by atoms with Crippen LogP contribution in [0.3, 0.4) is 0 Å². The molecule has 3 fully saturated rings. The molecule has 6 rings (SSSR count). The van der Waals surface area contributed by atoms with Gasteiger partial charge >= 0.3 is 0 Å². The fraction of sp³-hybridized carbons (Fsp3) is 0.447. The highest BCUT2D eigenvalue weighted by Crippen LogP contribution is 2.40. The van der Waals surface area contributed by atoms with Crippen LogP contribution in [0, 0.1) is 31.6 Å². The van der Waals surface area contributed by atoms with Gasteiger partial charge in [0.1, 0.15) is 11.6 Å². The molecule has 2 atom stereocenters. The molecular weight excluding hydrogens is 618 g/mol. The molecule has 1 aromatic carbocycles. The lowest BCUT2D eigenvalue weighted by molar-refractivity contribution is -0.133. The average molecular weight is 664 g/mol. The van der Waals surface area contributed by atoms with E-state index in [9.17, 15) is 14.4 Å². The number of piperazine rings is 1. The summed E-state index contributed by atoms with van der Waals surface area (Å²) in [6.45, 7) is 12.0. The number of carbonyl (C=O) groups is 3. The largest absolute Gasteiger partial charge is 0.482 e. The van der Waals surface area contributed by atoms with Gasteiger partial charge in [-0.3, -0.25) is 24.3 Å². The maximum absolute atomic E-state index is 13.6. The van der Waals surface area contributed by atoms with E-state index in [1.54, 1.807) is 37.2 Å². The number of aromatic nitrogens is 2. The highest BCUT2D eigenvalue weighted by Gasteiger charge is 2.29. The van der Waals surface area contributed by atoms with Crippen LogP contribution in [0.15, 0.2) is 42.7 Å². The summed E-state index contributed by atoms with van der Waals surface area (Å²) in [7, 11) is 1.56. The Morgan fingerprint density at radius 3 is 2.47 bits per heavy atom. The van der Waals surface area contributed by atoms with Crippen molar-refractivity contribution in [1.82, 2.24) is 30.4 Å². The van der Waals surface area contributed by atoms with Crippen LogP contribution in [-0.2, 0) is 4.79 Å². The Balaban J connectivity index is 1.21. The second-order valence-electron chi connectivity index (χ2n) is 13.5. The molecule has 3 aromatic rings. The lowest BCUT2D eigenvalue weighted by atomic mass is 10.0. The standard InChI is InChI=1S/C38H45N7O4/c1-23-15-34(49-35(22-44-13-12-40-25(3)19-44)33-11-10-30(18-41-33)29-8-9-29)32(37(47)39-5)16-31(23)38(48)43-36-24(2)14-27(17-42-36)6-7-28-20-45(21-28)26(4)46/h10-11,14-18,25,28-29,35,40H,8-9,12-13,19-22H2,1-5H3,(H,39,47)(H,42,43,48)/t25-,35-/m1/s1. The third-order valence-electron chi connectivity index (χ3n) is 9.43. The third-order valence-corrected chi connectivity index (χ3v) is 9.43. The van der Waals surface area contributed by atoms with Gasteiger partial charge in [-0.25, -0.2) is 4.98 Å². The van der Waals surface area contributed by atoms with Crippen molar-refractivity contribution >= 4 is 23.5 Å². The number of benzene rings is 1. The highest BCUT2D eigenvalue weighted by molar-refractivity contribution is 6.07. The monoisotopic (exact) mass is 663 g/mol. The van der Waals surface area contributed by atoms with Crippen LogP contribution < -0.4 is 20.7 Å². The van der Waals surface area contributed by atoms with Gasteiger partial charge in [0, 0.05) is 82.8 Å². The lowest BCUT2D eigenvalue weighted by Crippen LogP contribution is -2.50. The molecule has 11 nitrogen and oxygen atoms in total. The zero-order chi connectivity index (χ0) is 34.7. The van der Waals surface area contributed by atoms with E-state index < -0.39 is 6.10 Å². The maximum Gasteiger partial charge on any atom is 0.257 e.